The normalized spacial score (nSPS) is 11.5. The Morgan fingerprint density at radius 3 is 2.00 bits per heavy atom. The maximum absolute atomic E-state index is 12.3. The first-order valence-electron chi connectivity index (χ1n) is 10.1. The molecule has 2 amide bonds. The predicted octanol–water partition coefficient (Wildman–Crippen LogP) is 4.06. The lowest BCUT2D eigenvalue weighted by atomic mass is 10.2. The van der Waals surface area contributed by atoms with E-state index in [0.29, 0.717) is 33.7 Å². The van der Waals surface area contributed by atoms with Crippen LogP contribution in [0.2, 0.25) is 10.3 Å². The van der Waals surface area contributed by atoms with Crippen LogP contribution in [0.15, 0.2) is 36.4 Å². The van der Waals surface area contributed by atoms with Crippen LogP contribution in [-0.2, 0) is 30.2 Å². The summed E-state index contributed by atoms with van der Waals surface area (Å²) in [7, 11) is 3.48. The highest BCUT2D eigenvalue weighted by Crippen LogP contribution is 2.21. The van der Waals surface area contributed by atoms with Crippen LogP contribution >= 0.6 is 23.2 Å². The number of anilines is 1. The van der Waals surface area contributed by atoms with Crippen LogP contribution in [0.1, 0.15) is 28.1 Å². The summed E-state index contributed by atoms with van der Waals surface area (Å²) >= 11 is 12.4. The molecule has 0 fully saturated rings. The number of halogens is 2. The van der Waals surface area contributed by atoms with Crippen LogP contribution in [0, 0.1) is 13.8 Å². The molecule has 2 N–H and O–H groups in total. The zero-order valence-electron chi connectivity index (χ0n) is 18.7. The van der Waals surface area contributed by atoms with Gasteiger partial charge in [-0.15, -0.1) is 0 Å². The van der Waals surface area contributed by atoms with Crippen molar-refractivity contribution in [1.82, 2.24) is 24.9 Å². The molecule has 0 aliphatic rings. The van der Waals surface area contributed by atoms with Crippen molar-refractivity contribution in [3.05, 3.63) is 74.8 Å². The fourth-order valence-electron chi connectivity index (χ4n) is 3.18. The molecule has 2 heterocycles. The smallest absolute Gasteiger partial charge is 0.248 e. The summed E-state index contributed by atoms with van der Waals surface area (Å²) in [5.74, 6) is -0.572. The number of benzene rings is 1. The Morgan fingerprint density at radius 2 is 1.48 bits per heavy atom. The van der Waals surface area contributed by atoms with Crippen molar-refractivity contribution in [3.8, 4) is 0 Å². The lowest BCUT2D eigenvalue weighted by Gasteiger charge is -2.07. The zero-order valence-corrected chi connectivity index (χ0v) is 20.2. The summed E-state index contributed by atoms with van der Waals surface area (Å²) < 4.78 is 3.10. The summed E-state index contributed by atoms with van der Waals surface area (Å²) in [5.41, 5.74) is 4.32. The maximum Gasteiger partial charge on any atom is 0.248 e. The first kappa shape index (κ1) is 24.3. The molecule has 0 unspecified atom stereocenters. The minimum absolute atomic E-state index is 0.268. The van der Waals surface area contributed by atoms with Crippen LogP contribution in [0.4, 0.5) is 5.69 Å². The molecule has 0 aliphatic carbocycles. The minimum atomic E-state index is -0.304. The number of carbonyl (C=O) groups is 2. The van der Waals surface area contributed by atoms with E-state index in [1.54, 1.807) is 53.8 Å². The summed E-state index contributed by atoms with van der Waals surface area (Å²) in [5, 5.41) is 15.0. The standard InChI is InChI=1S/C23H24Cl2N6O2/c1-14-18(22(24)30(3)28-14)8-10-20(32)26-13-16-6-5-7-17(12-16)27-21(33)11-9-19-15(2)29-31(4)23(19)25/h5-12H,13H2,1-4H3,(H,26,32)(H,27,33)/b10-8+,11-9+. The third kappa shape index (κ3) is 6.12. The molecule has 0 radical (unpaired) electrons. The van der Waals surface area contributed by atoms with Gasteiger partial charge in [-0.2, -0.15) is 10.2 Å². The van der Waals surface area contributed by atoms with E-state index in [1.807, 2.05) is 19.9 Å². The van der Waals surface area contributed by atoms with Crippen LogP contribution in [-0.4, -0.2) is 31.4 Å². The first-order chi connectivity index (χ1) is 15.7. The molecule has 0 saturated carbocycles. The third-order valence-corrected chi connectivity index (χ3v) is 5.75. The van der Waals surface area contributed by atoms with Crippen LogP contribution in [0.25, 0.3) is 12.2 Å². The first-order valence-corrected chi connectivity index (χ1v) is 10.8. The molecule has 0 spiro atoms. The van der Waals surface area contributed by atoms with Gasteiger partial charge in [0.05, 0.1) is 11.4 Å². The highest BCUT2D eigenvalue weighted by molar-refractivity contribution is 6.31. The van der Waals surface area contributed by atoms with Crippen molar-refractivity contribution >= 4 is 52.9 Å². The SMILES string of the molecule is Cc1nn(C)c(Cl)c1/C=C/C(=O)NCc1cccc(NC(=O)/C=C/c2c(C)nn(C)c2Cl)c1. The molecular formula is C23H24Cl2N6O2. The van der Waals surface area contributed by atoms with Crippen molar-refractivity contribution in [3.63, 3.8) is 0 Å². The maximum atomic E-state index is 12.3. The van der Waals surface area contributed by atoms with E-state index in [4.69, 9.17) is 23.2 Å². The molecule has 0 atom stereocenters. The molecule has 1 aromatic carbocycles. The van der Waals surface area contributed by atoms with Gasteiger partial charge >= 0.3 is 0 Å². The largest absolute Gasteiger partial charge is 0.348 e. The Morgan fingerprint density at radius 1 is 0.939 bits per heavy atom. The van der Waals surface area contributed by atoms with E-state index in [2.05, 4.69) is 20.8 Å². The van der Waals surface area contributed by atoms with Gasteiger partial charge in [0, 0.05) is 49.6 Å². The molecule has 3 rings (SSSR count). The zero-order chi connectivity index (χ0) is 24.1. The van der Waals surface area contributed by atoms with Gasteiger partial charge in [0.2, 0.25) is 11.8 Å². The fraction of sp³-hybridized carbons (Fsp3) is 0.217. The molecule has 8 nitrogen and oxygen atoms in total. The lowest BCUT2D eigenvalue weighted by molar-refractivity contribution is -0.116. The van der Waals surface area contributed by atoms with E-state index in [0.717, 1.165) is 17.0 Å². The van der Waals surface area contributed by atoms with Gasteiger partial charge in [-0.25, -0.2) is 0 Å². The summed E-state index contributed by atoms with van der Waals surface area (Å²) in [4.78, 5) is 24.5. The van der Waals surface area contributed by atoms with Gasteiger partial charge in [0.25, 0.3) is 0 Å². The number of aryl methyl sites for hydroxylation is 4. The number of carbonyl (C=O) groups excluding carboxylic acids is 2. The van der Waals surface area contributed by atoms with Crippen molar-refractivity contribution < 1.29 is 9.59 Å². The van der Waals surface area contributed by atoms with Crippen LogP contribution < -0.4 is 10.6 Å². The van der Waals surface area contributed by atoms with E-state index >= 15 is 0 Å². The van der Waals surface area contributed by atoms with Crippen LogP contribution in [0.3, 0.4) is 0 Å². The Hall–Kier alpha value is -3.36. The average molecular weight is 487 g/mol. The van der Waals surface area contributed by atoms with Crippen LogP contribution in [0.5, 0.6) is 0 Å². The Bertz CT molecular complexity index is 1260. The van der Waals surface area contributed by atoms with E-state index < -0.39 is 0 Å². The van der Waals surface area contributed by atoms with Gasteiger partial charge in [-0.3, -0.25) is 19.0 Å². The molecule has 172 valence electrons. The molecule has 3 aromatic rings. The second-order valence-corrected chi connectivity index (χ2v) is 8.12. The second-order valence-electron chi connectivity index (χ2n) is 7.40. The van der Waals surface area contributed by atoms with Gasteiger partial charge in [0.15, 0.2) is 0 Å². The summed E-state index contributed by atoms with van der Waals surface area (Å²) in [6, 6.07) is 7.22. The monoisotopic (exact) mass is 486 g/mol. The quantitative estimate of drug-likeness (QED) is 0.492. The number of aromatic nitrogens is 4. The summed E-state index contributed by atoms with van der Waals surface area (Å²) in [6.45, 7) is 3.95. The Kier molecular flexibility index (Phi) is 7.73. The van der Waals surface area contributed by atoms with Gasteiger partial charge < -0.3 is 10.6 Å². The minimum Gasteiger partial charge on any atom is -0.348 e. The van der Waals surface area contributed by atoms with E-state index in [-0.39, 0.29) is 11.8 Å². The molecular weight excluding hydrogens is 463 g/mol. The Labute approximate surface area is 201 Å². The molecule has 0 bridgehead atoms. The van der Waals surface area contributed by atoms with Gasteiger partial charge in [-0.05, 0) is 43.7 Å². The molecule has 0 aliphatic heterocycles. The highest BCUT2D eigenvalue weighted by atomic mass is 35.5. The topological polar surface area (TPSA) is 93.8 Å². The lowest BCUT2D eigenvalue weighted by Crippen LogP contribution is -2.20. The van der Waals surface area contributed by atoms with Crippen molar-refractivity contribution in [2.75, 3.05) is 5.32 Å². The van der Waals surface area contributed by atoms with Gasteiger partial charge in [0.1, 0.15) is 10.3 Å². The number of hydrogen-bond donors (Lipinski definition) is 2. The number of rotatable bonds is 7. The number of nitrogens with one attached hydrogen (secondary N) is 2. The predicted molar refractivity (Wildman–Crippen MR) is 131 cm³/mol. The average Bonchev–Trinajstić information content (AvgIpc) is 3.16. The Balaban J connectivity index is 1.57. The highest BCUT2D eigenvalue weighted by Gasteiger charge is 2.10. The number of nitrogens with zero attached hydrogens (tertiary/aromatic N) is 4. The molecule has 2 aromatic heterocycles. The molecule has 0 saturated heterocycles. The van der Waals surface area contributed by atoms with E-state index in [1.165, 1.54) is 12.2 Å². The van der Waals surface area contributed by atoms with Crippen molar-refractivity contribution in [2.45, 2.75) is 20.4 Å². The van der Waals surface area contributed by atoms with E-state index in [9.17, 15) is 9.59 Å². The number of amides is 2. The third-order valence-electron chi connectivity index (χ3n) is 4.86. The van der Waals surface area contributed by atoms with Crippen molar-refractivity contribution in [1.29, 1.82) is 0 Å². The molecule has 33 heavy (non-hydrogen) atoms. The van der Waals surface area contributed by atoms with Gasteiger partial charge in [-0.1, -0.05) is 35.3 Å². The van der Waals surface area contributed by atoms with Crippen molar-refractivity contribution in [2.24, 2.45) is 14.1 Å². The second kappa shape index (κ2) is 10.5. The number of hydrogen-bond acceptors (Lipinski definition) is 4. The summed E-state index contributed by atoms with van der Waals surface area (Å²) in [6.07, 6.45) is 6.09. The fourth-order valence-corrected chi connectivity index (χ4v) is 3.66. The molecule has 10 heteroatoms.